The van der Waals surface area contributed by atoms with Gasteiger partial charge in [-0.3, -0.25) is 0 Å². The van der Waals surface area contributed by atoms with Crippen molar-refractivity contribution >= 4 is 5.96 Å². The highest BCUT2D eigenvalue weighted by atomic mass is 16.5. The first-order valence-corrected chi connectivity index (χ1v) is 8.46. The summed E-state index contributed by atoms with van der Waals surface area (Å²) in [5, 5.41) is 3.10. The van der Waals surface area contributed by atoms with Crippen LogP contribution in [0.5, 0.6) is 11.5 Å². The van der Waals surface area contributed by atoms with E-state index in [-0.39, 0.29) is 0 Å². The largest absolute Gasteiger partial charge is 0.493 e. The molecule has 5 nitrogen and oxygen atoms in total. The number of nitrogens with zero attached hydrogens (tertiary/aromatic N) is 1. The maximum atomic E-state index is 5.87. The highest BCUT2D eigenvalue weighted by Crippen LogP contribution is 2.29. The summed E-state index contributed by atoms with van der Waals surface area (Å²) in [6.07, 6.45) is 0. The Morgan fingerprint density at radius 2 is 1.84 bits per heavy atom. The third kappa shape index (κ3) is 6.37. The second kappa shape index (κ2) is 9.57. The normalized spacial score (nSPS) is 11.4. The second-order valence-electron chi connectivity index (χ2n) is 6.24. The lowest BCUT2D eigenvalue weighted by atomic mass is 10.2. The van der Waals surface area contributed by atoms with Crippen molar-refractivity contribution < 1.29 is 9.47 Å². The third-order valence-corrected chi connectivity index (χ3v) is 3.59. The summed E-state index contributed by atoms with van der Waals surface area (Å²) in [5.41, 5.74) is 7.99. The Morgan fingerprint density at radius 3 is 2.52 bits per heavy atom. The molecular formula is C20H27N3O2. The van der Waals surface area contributed by atoms with Crippen molar-refractivity contribution in [2.45, 2.75) is 27.0 Å². The fraction of sp³-hybridized carbons (Fsp3) is 0.350. The van der Waals surface area contributed by atoms with Crippen LogP contribution in [0.1, 0.15) is 25.0 Å². The van der Waals surface area contributed by atoms with Gasteiger partial charge < -0.3 is 20.5 Å². The van der Waals surface area contributed by atoms with Gasteiger partial charge in [0.2, 0.25) is 0 Å². The molecule has 5 heteroatoms. The van der Waals surface area contributed by atoms with Crippen LogP contribution >= 0.6 is 0 Å². The quantitative estimate of drug-likeness (QED) is 0.571. The van der Waals surface area contributed by atoms with E-state index in [0.29, 0.717) is 36.5 Å². The summed E-state index contributed by atoms with van der Waals surface area (Å²) in [4.78, 5) is 4.35. The molecule has 0 fully saturated rings. The van der Waals surface area contributed by atoms with Crippen molar-refractivity contribution in [3.63, 3.8) is 0 Å². The zero-order valence-corrected chi connectivity index (χ0v) is 15.2. The minimum Gasteiger partial charge on any atom is -0.493 e. The van der Waals surface area contributed by atoms with Crippen molar-refractivity contribution in [2.75, 3.05) is 13.7 Å². The molecule has 2 aromatic carbocycles. The van der Waals surface area contributed by atoms with Crippen LogP contribution in [0.25, 0.3) is 0 Å². The Labute approximate surface area is 149 Å². The lowest BCUT2D eigenvalue weighted by molar-refractivity contribution is 0.284. The molecule has 0 atom stereocenters. The van der Waals surface area contributed by atoms with Crippen LogP contribution in [0.4, 0.5) is 0 Å². The summed E-state index contributed by atoms with van der Waals surface area (Å²) in [6, 6.07) is 15.8. The molecule has 0 aromatic heterocycles. The number of ether oxygens (including phenoxy) is 2. The molecule has 2 rings (SSSR count). The number of nitrogens with one attached hydrogen (secondary N) is 1. The first-order chi connectivity index (χ1) is 12.1. The molecular weight excluding hydrogens is 314 g/mol. The molecule has 0 amide bonds. The van der Waals surface area contributed by atoms with Crippen LogP contribution in [0, 0.1) is 5.92 Å². The van der Waals surface area contributed by atoms with Gasteiger partial charge in [-0.1, -0.05) is 50.2 Å². The van der Waals surface area contributed by atoms with E-state index in [1.54, 1.807) is 7.11 Å². The van der Waals surface area contributed by atoms with Crippen LogP contribution < -0.4 is 20.5 Å². The summed E-state index contributed by atoms with van der Waals surface area (Å²) in [5.74, 6) is 2.38. The van der Waals surface area contributed by atoms with Crippen molar-refractivity contribution in [1.82, 2.24) is 5.32 Å². The lowest BCUT2D eigenvalue weighted by Crippen LogP contribution is -2.34. The molecule has 2 aromatic rings. The van der Waals surface area contributed by atoms with Crippen LogP contribution in [0.2, 0.25) is 0 Å². The number of nitrogens with two attached hydrogens (primary N) is 1. The molecule has 0 aliphatic rings. The van der Waals surface area contributed by atoms with E-state index in [9.17, 15) is 0 Å². The predicted octanol–water partition coefficient (Wildman–Crippen LogP) is 3.33. The zero-order chi connectivity index (χ0) is 18.1. The van der Waals surface area contributed by atoms with Gasteiger partial charge in [-0.25, -0.2) is 4.99 Å². The van der Waals surface area contributed by atoms with Crippen molar-refractivity contribution in [1.29, 1.82) is 0 Å². The Balaban J connectivity index is 1.97. The molecule has 0 spiro atoms. The monoisotopic (exact) mass is 341 g/mol. The minimum atomic E-state index is 0.456. The third-order valence-electron chi connectivity index (χ3n) is 3.59. The van der Waals surface area contributed by atoms with Gasteiger partial charge in [0.05, 0.1) is 13.7 Å². The van der Waals surface area contributed by atoms with Gasteiger partial charge in [-0.05, 0) is 29.2 Å². The summed E-state index contributed by atoms with van der Waals surface area (Å²) >= 11 is 0. The number of guanidine groups is 1. The van der Waals surface area contributed by atoms with Crippen LogP contribution in [-0.2, 0) is 13.2 Å². The SMILES string of the molecule is COc1cc(CN=C(N)NCC(C)C)ccc1OCc1ccccc1. The number of aliphatic imine (C=N–C) groups is 1. The molecule has 0 unspecified atom stereocenters. The molecule has 0 radical (unpaired) electrons. The van der Waals surface area contributed by atoms with Gasteiger partial charge in [-0.15, -0.1) is 0 Å². The van der Waals surface area contributed by atoms with Gasteiger partial charge in [0.25, 0.3) is 0 Å². The van der Waals surface area contributed by atoms with Gasteiger partial charge in [-0.2, -0.15) is 0 Å². The van der Waals surface area contributed by atoms with E-state index in [1.807, 2.05) is 48.5 Å². The smallest absolute Gasteiger partial charge is 0.188 e. The summed E-state index contributed by atoms with van der Waals surface area (Å²) in [6.45, 7) is 6.05. The molecule has 0 saturated heterocycles. The fourth-order valence-corrected chi connectivity index (χ4v) is 2.21. The maximum Gasteiger partial charge on any atom is 0.188 e. The van der Waals surface area contributed by atoms with Crippen LogP contribution in [-0.4, -0.2) is 19.6 Å². The Kier molecular flexibility index (Phi) is 7.14. The van der Waals surface area contributed by atoms with E-state index < -0.39 is 0 Å². The molecule has 0 bridgehead atoms. The Morgan fingerprint density at radius 1 is 1.08 bits per heavy atom. The van der Waals surface area contributed by atoms with Crippen molar-refractivity contribution in [3.8, 4) is 11.5 Å². The van der Waals surface area contributed by atoms with Crippen molar-refractivity contribution in [2.24, 2.45) is 16.6 Å². The van der Waals surface area contributed by atoms with E-state index in [0.717, 1.165) is 17.7 Å². The molecule has 134 valence electrons. The molecule has 25 heavy (non-hydrogen) atoms. The number of hydrogen-bond acceptors (Lipinski definition) is 3. The predicted molar refractivity (Wildman–Crippen MR) is 102 cm³/mol. The van der Waals surface area contributed by atoms with E-state index >= 15 is 0 Å². The molecule has 3 N–H and O–H groups in total. The number of benzene rings is 2. The van der Waals surface area contributed by atoms with Gasteiger partial charge in [0, 0.05) is 6.54 Å². The Hall–Kier alpha value is -2.69. The molecule has 0 heterocycles. The molecule has 0 saturated carbocycles. The lowest BCUT2D eigenvalue weighted by Gasteiger charge is -2.12. The van der Waals surface area contributed by atoms with Crippen LogP contribution in [0.15, 0.2) is 53.5 Å². The number of hydrogen-bond donors (Lipinski definition) is 2. The topological polar surface area (TPSA) is 68.9 Å². The summed E-state index contributed by atoms with van der Waals surface area (Å²) < 4.78 is 11.3. The van der Waals surface area contributed by atoms with E-state index in [2.05, 4.69) is 24.2 Å². The Bertz CT molecular complexity index is 685. The maximum absolute atomic E-state index is 5.87. The molecule has 0 aliphatic carbocycles. The minimum absolute atomic E-state index is 0.456. The molecule has 0 aliphatic heterocycles. The zero-order valence-electron chi connectivity index (χ0n) is 15.2. The van der Waals surface area contributed by atoms with Gasteiger partial charge in [0.1, 0.15) is 6.61 Å². The first-order valence-electron chi connectivity index (χ1n) is 8.46. The van der Waals surface area contributed by atoms with Crippen LogP contribution in [0.3, 0.4) is 0 Å². The highest BCUT2D eigenvalue weighted by molar-refractivity contribution is 5.77. The standard InChI is InChI=1S/C20H27N3O2/c1-15(2)12-22-20(21)23-13-17-9-10-18(19(11-17)24-3)25-14-16-7-5-4-6-8-16/h4-11,15H,12-14H2,1-3H3,(H3,21,22,23). The average Bonchev–Trinajstić information content (AvgIpc) is 2.64. The fourth-order valence-electron chi connectivity index (χ4n) is 2.21. The van der Waals surface area contributed by atoms with Crippen molar-refractivity contribution in [3.05, 3.63) is 59.7 Å². The van der Waals surface area contributed by atoms with Gasteiger partial charge >= 0.3 is 0 Å². The van der Waals surface area contributed by atoms with E-state index in [1.165, 1.54) is 0 Å². The van der Waals surface area contributed by atoms with E-state index in [4.69, 9.17) is 15.2 Å². The number of rotatable bonds is 8. The first kappa shape index (κ1) is 18.6. The average molecular weight is 341 g/mol. The van der Waals surface area contributed by atoms with Gasteiger partial charge in [0.15, 0.2) is 17.5 Å². The summed E-state index contributed by atoms with van der Waals surface area (Å²) in [7, 11) is 1.64. The second-order valence-corrected chi connectivity index (χ2v) is 6.24. The highest BCUT2D eigenvalue weighted by Gasteiger charge is 2.06. The number of methoxy groups -OCH3 is 1.